The van der Waals surface area contributed by atoms with Crippen LogP contribution in [0.4, 0.5) is 5.82 Å². The third-order valence-electron chi connectivity index (χ3n) is 3.50. The minimum absolute atomic E-state index is 0.141. The number of ether oxygens (including phenoxy) is 2. The maximum atomic E-state index is 12.1. The topological polar surface area (TPSA) is 86.5 Å². The van der Waals surface area contributed by atoms with Gasteiger partial charge in [0.2, 0.25) is 5.82 Å². The number of hydrogen-bond acceptors (Lipinski definition) is 6. The Morgan fingerprint density at radius 2 is 1.72 bits per heavy atom. The van der Waals surface area contributed by atoms with E-state index >= 15 is 0 Å². The average molecular weight is 339 g/mol. The number of amides is 1. The van der Waals surface area contributed by atoms with Gasteiger partial charge in [-0.05, 0) is 53.6 Å². The molecule has 1 heterocycles. The predicted octanol–water partition coefficient (Wildman–Crippen LogP) is 3.07. The van der Waals surface area contributed by atoms with Crippen LogP contribution in [0.15, 0.2) is 53.2 Å². The first kappa shape index (κ1) is 16.5. The molecule has 0 unspecified atom stereocenters. The predicted molar refractivity (Wildman–Crippen MR) is 91.6 cm³/mol. The van der Waals surface area contributed by atoms with Crippen LogP contribution < -0.4 is 14.8 Å². The SMILES string of the molecule is COc1ccc(-c2nonc2NC(=O)COc2ccc(C)cc2)cc1. The van der Waals surface area contributed by atoms with Gasteiger partial charge in [-0.15, -0.1) is 0 Å². The lowest BCUT2D eigenvalue weighted by Gasteiger charge is -2.07. The molecular formula is C18H17N3O4. The standard InChI is InChI=1S/C18H17N3O4/c1-12-3-7-15(8-4-12)24-11-16(22)19-18-17(20-25-21-18)13-5-9-14(23-2)10-6-13/h3-10H,11H2,1-2H3,(H,19,21,22). The monoisotopic (exact) mass is 339 g/mol. The second-order valence-corrected chi connectivity index (χ2v) is 5.34. The number of hydrogen-bond donors (Lipinski definition) is 1. The van der Waals surface area contributed by atoms with Crippen molar-refractivity contribution in [2.45, 2.75) is 6.92 Å². The quantitative estimate of drug-likeness (QED) is 0.743. The zero-order valence-electron chi connectivity index (χ0n) is 13.9. The number of methoxy groups -OCH3 is 1. The molecule has 1 aromatic heterocycles. The number of anilines is 1. The van der Waals surface area contributed by atoms with Crippen molar-refractivity contribution < 1.29 is 18.9 Å². The summed E-state index contributed by atoms with van der Waals surface area (Å²) >= 11 is 0. The summed E-state index contributed by atoms with van der Waals surface area (Å²) in [5.74, 6) is 1.22. The normalized spacial score (nSPS) is 10.3. The van der Waals surface area contributed by atoms with Crippen molar-refractivity contribution in [3.05, 3.63) is 54.1 Å². The van der Waals surface area contributed by atoms with Gasteiger partial charge in [0.15, 0.2) is 12.3 Å². The van der Waals surface area contributed by atoms with E-state index in [1.807, 2.05) is 31.2 Å². The van der Waals surface area contributed by atoms with Crippen molar-refractivity contribution in [2.24, 2.45) is 0 Å². The van der Waals surface area contributed by atoms with Crippen molar-refractivity contribution in [2.75, 3.05) is 19.0 Å². The van der Waals surface area contributed by atoms with Crippen LogP contribution in [-0.4, -0.2) is 29.9 Å². The molecule has 7 heteroatoms. The zero-order chi connectivity index (χ0) is 17.6. The van der Waals surface area contributed by atoms with E-state index in [1.165, 1.54) is 0 Å². The Balaban J connectivity index is 1.63. The molecule has 25 heavy (non-hydrogen) atoms. The maximum absolute atomic E-state index is 12.1. The van der Waals surface area contributed by atoms with Crippen LogP contribution in [0.3, 0.4) is 0 Å². The van der Waals surface area contributed by atoms with E-state index in [-0.39, 0.29) is 18.3 Å². The number of aromatic nitrogens is 2. The number of aryl methyl sites for hydroxylation is 1. The molecule has 0 spiro atoms. The molecule has 2 aromatic carbocycles. The molecule has 1 N–H and O–H groups in total. The van der Waals surface area contributed by atoms with Crippen LogP contribution in [0.2, 0.25) is 0 Å². The Hall–Kier alpha value is -3.35. The van der Waals surface area contributed by atoms with Crippen LogP contribution in [0.5, 0.6) is 11.5 Å². The van der Waals surface area contributed by atoms with E-state index < -0.39 is 0 Å². The van der Waals surface area contributed by atoms with E-state index in [0.717, 1.165) is 16.9 Å². The largest absolute Gasteiger partial charge is 0.497 e. The molecule has 0 saturated carbocycles. The number of carbonyl (C=O) groups excluding carboxylic acids is 1. The Morgan fingerprint density at radius 3 is 2.40 bits per heavy atom. The number of nitrogens with zero attached hydrogens (tertiary/aromatic N) is 2. The fourth-order valence-electron chi connectivity index (χ4n) is 2.16. The summed E-state index contributed by atoms with van der Waals surface area (Å²) in [6.07, 6.45) is 0. The third-order valence-corrected chi connectivity index (χ3v) is 3.50. The van der Waals surface area contributed by atoms with Gasteiger partial charge < -0.3 is 14.8 Å². The highest BCUT2D eigenvalue weighted by molar-refractivity contribution is 5.94. The summed E-state index contributed by atoms with van der Waals surface area (Å²) in [4.78, 5) is 12.1. The van der Waals surface area contributed by atoms with Gasteiger partial charge in [-0.1, -0.05) is 17.7 Å². The van der Waals surface area contributed by atoms with Crippen molar-refractivity contribution in [1.29, 1.82) is 0 Å². The molecule has 0 aliphatic carbocycles. The van der Waals surface area contributed by atoms with Gasteiger partial charge in [0.1, 0.15) is 11.5 Å². The Labute approximate surface area is 144 Å². The lowest BCUT2D eigenvalue weighted by Crippen LogP contribution is -2.20. The summed E-state index contributed by atoms with van der Waals surface area (Å²) in [6.45, 7) is 1.84. The number of benzene rings is 2. The van der Waals surface area contributed by atoms with Crippen LogP contribution in [-0.2, 0) is 4.79 Å². The number of rotatable bonds is 6. The van der Waals surface area contributed by atoms with E-state index in [1.54, 1.807) is 31.4 Å². The first-order valence-electron chi connectivity index (χ1n) is 7.62. The number of nitrogens with one attached hydrogen (secondary N) is 1. The summed E-state index contributed by atoms with van der Waals surface area (Å²) in [5, 5.41) is 10.2. The van der Waals surface area contributed by atoms with Gasteiger partial charge in [-0.2, -0.15) is 0 Å². The third kappa shape index (κ3) is 4.14. The lowest BCUT2D eigenvalue weighted by atomic mass is 10.1. The van der Waals surface area contributed by atoms with E-state index in [9.17, 15) is 4.79 Å². The van der Waals surface area contributed by atoms with E-state index in [4.69, 9.17) is 14.1 Å². The minimum atomic E-state index is -0.356. The first-order valence-corrected chi connectivity index (χ1v) is 7.62. The second kappa shape index (κ2) is 7.48. The molecule has 3 rings (SSSR count). The molecule has 0 atom stereocenters. The molecule has 0 aliphatic rings. The number of carbonyl (C=O) groups is 1. The highest BCUT2D eigenvalue weighted by Gasteiger charge is 2.15. The molecule has 3 aromatic rings. The van der Waals surface area contributed by atoms with Crippen LogP contribution in [0, 0.1) is 6.92 Å². The summed E-state index contributed by atoms with van der Waals surface area (Å²) < 4.78 is 15.3. The first-order chi connectivity index (χ1) is 12.2. The van der Waals surface area contributed by atoms with E-state index in [2.05, 4.69) is 15.6 Å². The zero-order valence-corrected chi connectivity index (χ0v) is 13.9. The molecule has 128 valence electrons. The molecule has 0 bridgehead atoms. The fraction of sp³-hybridized carbons (Fsp3) is 0.167. The van der Waals surface area contributed by atoms with Gasteiger partial charge in [0.25, 0.3) is 5.91 Å². The molecule has 0 saturated heterocycles. The van der Waals surface area contributed by atoms with Crippen molar-refractivity contribution in [3.63, 3.8) is 0 Å². The van der Waals surface area contributed by atoms with Crippen LogP contribution >= 0.6 is 0 Å². The molecular weight excluding hydrogens is 322 g/mol. The van der Waals surface area contributed by atoms with Gasteiger partial charge in [0.05, 0.1) is 7.11 Å². The van der Waals surface area contributed by atoms with Gasteiger partial charge in [0, 0.05) is 5.56 Å². The molecule has 7 nitrogen and oxygen atoms in total. The lowest BCUT2D eigenvalue weighted by molar-refractivity contribution is -0.118. The summed E-state index contributed by atoms with van der Waals surface area (Å²) in [7, 11) is 1.59. The van der Waals surface area contributed by atoms with Crippen LogP contribution in [0.1, 0.15) is 5.56 Å². The van der Waals surface area contributed by atoms with Gasteiger partial charge >= 0.3 is 0 Å². The summed E-state index contributed by atoms with van der Waals surface area (Å²) in [5.41, 5.74) is 2.30. The Kier molecular flexibility index (Phi) is 4.94. The van der Waals surface area contributed by atoms with Gasteiger partial charge in [-0.3, -0.25) is 4.79 Å². The highest BCUT2D eigenvalue weighted by atomic mass is 16.6. The molecule has 1 amide bonds. The smallest absolute Gasteiger partial charge is 0.263 e. The van der Waals surface area contributed by atoms with Crippen molar-refractivity contribution >= 4 is 11.7 Å². The average Bonchev–Trinajstić information content (AvgIpc) is 3.09. The Bertz CT molecular complexity index is 842. The van der Waals surface area contributed by atoms with Crippen LogP contribution in [0.25, 0.3) is 11.3 Å². The fourth-order valence-corrected chi connectivity index (χ4v) is 2.16. The summed E-state index contributed by atoms with van der Waals surface area (Å²) in [6, 6.07) is 14.6. The van der Waals surface area contributed by atoms with Gasteiger partial charge in [-0.25, -0.2) is 4.63 Å². The Morgan fingerprint density at radius 1 is 1.04 bits per heavy atom. The molecule has 0 fully saturated rings. The maximum Gasteiger partial charge on any atom is 0.263 e. The van der Waals surface area contributed by atoms with Crippen molar-refractivity contribution in [1.82, 2.24) is 10.3 Å². The van der Waals surface area contributed by atoms with Crippen molar-refractivity contribution in [3.8, 4) is 22.8 Å². The highest BCUT2D eigenvalue weighted by Crippen LogP contribution is 2.26. The minimum Gasteiger partial charge on any atom is -0.497 e. The molecule has 0 radical (unpaired) electrons. The molecule has 0 aliphatic heterocycles. The second-order valence-electron chi connectivity index (χ2n) is 5.34. The van der Waals surface area contributed by atoms with E-state index in [0.29, 0.717) is 11.4 Å².